The average Bonchev–Trinajstić information content (AvgIpc) is 3.31. The van der Waals surface area contributed by atoms with Crippen LogP contribution in [0.3, 0.4) is 0 Å². The third-order valence-electron chi connectivity index (χ3n) is 5.72. The monoisotopic (exact) mass is 454 g/mol. The van der Waals surface area contributed by atoms with Gasteiger partial charge in [-0.15, -0.1) is 0 Å². The Morgan fingerprint density at radius 2 is 1.76 bits per heavy atom. The Morgan fingerprint density at radius 1 is 0.941 bits per heavy atom. The van der Waals surface area contributed by atoms with Crippen molar-refractivity contribution in [3.8, 4) is 23.0 Å². The first-order valence-electron chi connectivity index (χ1n) is 10.7. The lowest BCUT2D eigenvalue weighted by molar-refractivity contribution is 0.0601. The summed E-state index contributed by atoms with van der Waals surface area (Å²) in [6, 6.07) is 16.9. The highest BCUT2D eigenvalue weighted by atomic mass is 16.5. The molecule has 0 fully saturated rings. The fraction of sp³-hybridized carbons (Fsp3) is 0.148. The van der Waals surface area contributed by atoms with E-state index in [-0.39, 0.29) is 0 Å². The molecule has 0 spiro atoms. The van der Waals surface area contributed by atoms with Crippen LogP contribution < -0.4 is 9.47 Å². The number of aromatic nitrogens is 2. The van der Waals surface area contributed by atoms with Gasteiger partial charge in [0, 0.05) is 23.3 Å². The number of hydrogen-bond donors (Lipinski definition) is 0. The molecule has 0 atom stereocenters. The van der Waals surface area contributed by atoms with Gasteiger partial charge in [-0.25, -0.2) is 9.78 Å². The molecule has 2 aromatic heterocycles. The van der Waals surface area contributed by atoms with Gasteiger partial charge in [0.25, 0.3) is 0 Å². The van der Waals surface area contributed by atoms with Crippen molar-refractivity contribution in [2.75, 3.05) is 21.3 Å². The second-order valence-electron chi connectivity index (χ2n) is 7.80. The van der Waals surface area contributed by atoms with Gasteiger partial charge < -0.3 is 18.6 Å². The quantitative estimate of drug-likeness (QED) is 0.316. The number of carbonyl (C=O) groups is 1. The molecule has 0 saturated carbocycles. The molecule has 0 radical (unpaired) electrons. The molecule has 34 heavy (non-hydrogen) atoms. The van der Waals surface area contributed by atoms with Gasteiger partial charge >= 0.3 is 5.97 Å². The Morgan fingerprint density at radius 3 is 2.56 bits per heavy atom. The fourth-order valence-corrected chi connectivity index (χ4v) is 4.02. The minimum Gasteiger partial charge on any atom is -0.493 e. The zero-order valence-electron chi connectivity index (χ0n) is 19.0. The number of benzene rings is 3. The molecule has 5 aromatic rings. The van der Waals surface area contributed by atoms with Crippen LogP contribution in [0.15, 0.2) is 71.4 Å². The summed E-state index contributed by atoms with van der Waals surface area (Å²) in [6.45, 7) is 0. The van der Waals surface area contributed by atoms with Gasteiger partial charge in [-0.1, -0.05) is 12.1 Å². The maximum atomic E-state index is 11.9. The number of carbonyl (C=O) groups excluding carboxylic acids is 1. The van der Waals surface area contributed by atoms with Crippen molar-refractivity contribution in [1.82, 2.24) is 9.97 Å². The van der Waals surface area contributed by atoms with Crippen molar-refractivity contribution in [2.24, 2.45) is 0 Å². The summed E-state index contributed by atoms with van der Waals surface area (Å²) < 4.78 is 21.7. The standard InChI is InChI=1S/C27H22N2O5/c1-31-24-12-20-15-28-14-19(21(20)13-25(24)32-2)9-16-7-8-23-22(10-16)29-26(34-23)17-5-4-6-18(11-17)27(30)33-3/h4-8,10-15H,9H2,1-3H3. The number of fused-ring (bicyclic) bond motifs is 2. The van der Waals surface area contributed by atoms with E-state index in [1.54, 1.807) is 32.4 Å². The van der Waals surface area contributed by atoms with Crippen molar-refractivity contribution in [1.29, 1.82) is 0 Å². The highest BCUT2D eigenvalue weighted by Gasteiger charge is 2.14. The number of ether oxygens (including phenoxy) is 3. The highest BCUT2D eigenvalue weighted by molar-refractivity contribution is 5.91. The Bertz CT molecular complexity index is 1520. The van der Waals surface area contributed by atoms with E-state index in [1.165, 1.54) is 7.11 Å². The van der Waals surface area contributed by atoms with Crippen LogP contribution in [0, 0.1) is 0 Å². The molecule has 0 bridgehead atoms. The molecule has 0 N–H and O–H groups in total. The van der Waals surface area contributed by atoms with E-state index in [1.807, 2.05) is 48.8 Å². The van der Waals surface area contributed by atoms with Crippen LogP contribution in [-0.2, 0) is 11.2 Å². The van der Waals surface area contributed by atoms with Gasteiger partial charge in [0.15, 0.2) is 17.1 Å². The van der Waals surface area contributed by atoms with Crippen molar-refractivity contribution >= 4 is 27.8 Å². The Balaban J connectivity index is 1.49. The number of esters is 1. The molecular formula is C27H22N2O5. The highest BCUT2D eigenvalue weighted by Crippen LogP contribution is 2.34. The van der Waals surface area contributed by atoms with Crippen LogP contribution in [0.25, 0.3) is 33.3 Å². The molecule has 0 aliphatic carbocycles. The summed E-state index contributed by atoms with van der Waals surface area (Å²) in [5.41, 5.74) is 4.69. The Kier molecular flexibility index (Phi) is 5.59. The largest absolute Gasteiger partial charge is 0.493 e. The number of nitrogens with zero attached hydrogens (tertiary/aromatic N) is 2. The van der Waals surface area contributed by atoms with Gasteiger partial charge in [-0.2, -0.15) is 0 Å². The van der Waals surface area contributed by atoms with Gasteiger partial charge in [0.05, 0.1) is 26.9 Å². The first kappa shape index (κ1) is 21.5. The summed E-state index contributed by atoms with van der Waals surface area (Å²) in [7, 11) is 4.60. The Hall–Kier alpha value is -4.39. The minimum atomic E-state index is -0.404. The number of hydrogen-bond acceptors (Lipinski definition) is 7. The molecule has 3 aromatic carbocycles. The maximum absolute atomic E-state index is 11.9. The van der Waals surface area contributed by atoms with E-state index in [0.717, 1.165) is 27.4 Å². The lowest BCUT2D eigenvalue weighted by Gasteiger charge is -2.11. The predicted octanol–water partition coefficient (Wildman–Crippen LogP) is 5.44. The van der Waals surface area contributed by atoms with Crippen LogP contribution in [0.2, 0.25) is 0 Å². The van der Waals surface area contributed by atoms with Gasteiger partial charge in [0.1, 0.15) is 5.52 Å². The van der Waals surface area contributed by atoms with Crippen molar-refractivity contribution in [3.05, 3.63) is 83.7 Å². The van der Waals surface area contributed by atoms with Crippen LogP contribution in [0.5, 0.6) is 11.5 Å². The van der Waals surface area contributed by atoms with E-state index in [2.05, 4.69) is 9.97 Å². The van der Waals surface area contributed by atoms with Crippen LogP contribution in [0.4, 0.5) is 0 Å². The molecular weight excluding hydrogens is 432 g/mol. The fourth-order valence-electron chi connectivity index (χ4n) is 4.02. The Labute approximate surface area is 195 Å². The van der Waals surface area contributed by atoms with Gasteiger partial charge in [-0.3, -0.25) is 4.98 Å². The van der Waals surface area contributed by atoms with E-state index in [9.17, 15) is 4.79 Å². The molecule has 0 unspecified atom stereocenters. The second kappa shape index (κ2) is 8.86. The third kappa shape index (κ3) is 3.92. The van der Waals surface area contributed by atoms with Crippen molar-refractivity contribution in [3.63, 3.8) is 0 Å². The minimum absolute atomic E-state index is 0.404. The lowest BCUT2D eigenvalue weighted by Crippen LogP contribution is -2.00. The molecule has 5 rings (SSSR count). The molecule has 0 aliphatic rings. The smallest absolute Gasteiger partial charge is 0.337 e. The first-order valence-corrected chi connectivity index (χ1v) is 10.7. The number of oxazole rings is 1. The van der Waals surface area contributed by atoms with E-state index in [0.29, 0.717) is 40.5 Å². The number of rotatable bonds is 6. The zero-order chi connectivity index (χ0) is 23.7. The summed E-state index contributed by atoms with van der Waals surface area (Å²) in [5.74, 6) is 1.38. The predicted molar refractivity (Wildman–Crippen MR) is 128 cm³/mol. The van der Waals surface area contributed by atoms with Crippen molar-refractivity contribution < 1.29 is 23.4 Å². The van der Waals surface area contributed by atoms with Gasteiger partial charge in [0.2, 0.25) is 5.89 Å². The number of methoxy groups -OCH3 is 3. The lowest BCUT2D eigenvalue weighted by atomic mass is 10.00. The molecule has 7 nitrogen and oxygen atoms in total. The maximum Gasteiger partial charge on any atom is 0.337 e. The zero-order valence-corrected chi connectivity index (χ0v) is 19.0. The normalized spacial score (nSPS) is 11.0. The first-order chi connectivity index (χ1) is 16.6. The van der Waals surface area contributed by atoms with Crippen LogP contribution >= 0.6 is 0 Å². The summed E-state index contributed by atoms with van der Waals surface area (Å²) in [5, 5.41) is 2.03. The average molecular weight is 454 g/mol. The van der Waals surface area contributed by atoms with E-state index < -0.39 is 5.97 Å². The molecule has 2 heterocycles. The molecule has 170 valence electrons. The SMILES string of the molecule is COC(=O)c1cccc(-c2nc3cc(Cc4cncc5cc(OC)c(OC)cc45)ccc3o2)c1. The second-order valence-corrected chi connectivity index (χ2v) is 7.80. The summed E-state index contributed by atoms with van der Waals surface area (Å²) >= 11 is 0. The molecule has 7 heteroatoms. The third-order valence-corrected chi connectivity index (χ3v) is 5.72. The van der Waals surface area contributed by atoms with Crippen LogP contribution in [-0.4, -0.2) is 37.3 Å². The summed E-state index contributed by atoms with van der Waals surface area (Å²) in [6.07, 6.45) is 4.34. The topological polar surface area (TPSA) is 83.7 Å². The van der Waals surface area contributed by atoms with Crippen LogP contribution in [0.1, 0.15) is 21.5 Å². The van der Waals surface area contributed by atoms with Gasteiger partial charge in [-0.05, 0) is 65.4 Å². The number of pyridine rings is 1. The molecule has 0 saturated heterocycles. The van der Waals surface area contributed by atoms with E-state index in [4.69, 9.17) is 18.6 Å². The molecule has 0 aliphatic heterocycles. The van der Waals surface area contributed by atoms with Crippen molar-refractivity contribution in [2.45, 2.75) is 6.42 Å². The summed E-state index contributed by atoms with van der Waals surface area (Å²) in [4.78, 5) is 20.9. The van der Waals surface area contributed by atoms with E-state index >= 15 is 0 Å². The molecule has 0 amide bonds.